The lowest BCUT2D eigenvalue weighted by atomic mass is 10.0. The molecule has 0 unspecified atom stereocenters. The molecule has 1 N–H and O–H groups in total. The van der Waals surface area contributed by atoms with E-state index in [1.54, 1.807) is 19.2 Å². The number of nitrogens with zero attached hydrogens (tertiary/aromatic N) is 2. The molecule has 1 aromatic rings. The first-order valence-corrected chi connectivity index (χ1v) is 5.93. The Morgan fingerprint density at radius 1 is 1.47 bits per heavy atom. The summed E-state index contributed by atoms with van der Waals surface area (Å²) in [7, 11) is 1.66. The first-order chi connectivity index (χ1) is 9.10. The molecule has 1 aromatic carbocycles. The fourth-order valence-electron chi connectivity index (χ4n) is 1.60. The average molecular weight is 256 g/mol. The molecule has 0 aromatic heterocycles. The Hall–Kier alpha value is -2.30. The van der Waals surface area contributed by atoms with E-state index in [1.165, 1.54) is 4.90 Å². The molecule has 0 aliphatic rings. The Bertz CT molecular complexity index is 562. The second-order valence-electron chi connectivity index (χ2n) is 4.14. The molecule has 0 fully saturated rings. The molecule has 0 spiro atoms. The maximum Gasteiger partial charge on any atom is 0.254 e. The largest absolute Gasteiger partial charge is 0.384 e. The summed E-state index contributed by atoms with van der Waals surface area (Å²) in [6.07, 6.45) is 0.297. The van der Waals surface area contributed by atoms with Gasteiger partial charge in [0.2, 0.25) is 0 Å². The van der Waals surface area contributed by atoms with Gasteiger partial charge < -0.3 is 10.0 Å². The maximum absolute atomic E-state index is 12.3. The van der Waals surface area contributed by atoms with Crippen molar-refractivity contribution < 1.29 is 9.90 Å². The number of aliphatic hydroxyl groups excluding tert-OH is 1. The predicted molar refractivity (Wildman–Crippen MR) is 72.3 cm³/mol. The van der Waals surface area contributed by atoms with Crippen molar-refractivity contribution in [1.82, 2.24) is 4.90 Å². The van der Waals surface area contributed by atoms with Crippen molar-refractivity contribution >= 4 is 5.91 Å². The van der Waals surface area contributed by atoms with Gasteiger partial charge >= 0.3 is 0 Å². The number of carbonyl (C=O) groups is 1. The molecule has 98 valence electrons. The van der Waals surface area contributed by atoms with Gasteiger partial charge in [-0.15, -0.1) is 0 Å². The Balaban J connectivity index is 3.07. The first-order valence-electron chi connectivity index (χ1n) is 5.93. The third-order valence-electron chi connectivity index (χ3n) is 2.61. The number of rotatable bonds is 3. The summed E-state index contributed by atoms with van der Waals surface area (Å²) >= 11 is 0. The van der Waals surface area contributed by atoms with Crippen molar-refractivity contribution in [2.24, 2.45) is 0 Å². The molecule has 0 radical (unpaired) electrons. The minimum absolute atomic E-state index is 0.166. The van der Waals surface area contributed by atoms with Gasteiger partial charge in [-0.25, -0.2) is 0 Å². The van der Waals surface area contributed by atoms with E-state index in [2.05, 4.69) is 11.8 Å². The molecule has 0 bridgehead atoms. The van der Waals surface area contributed by atoms with Gasteiger partial charge in [-0.3, -0.25) is 4.79 Å². The van der Waals surface area contributed by atoms with E-state index in [1.807, 2.05) is 19.1 Å². The average Bonchev–Trinajstić information content (AvgIpc) is 2.42. The van der Waals surface area contributed by atoms with Gasteiger partial charge in [0, 0.05) is 19.2 Å². The van der Waals surface area contributed by atoms with Crippen LogP contribution in [0.3, 0.4) is 0 Å². The summed E-state index contributed by atoms with van der Waals surface area (Å²) in [6.45, 7) is 2.04. The third kappa shape index (κ3) is 4.13. The predicted octanol–water partition coefficient (Wildman–Crippen LogP) is 1.32. The number of benzene rings is 1. The molecule has 0 aliphatic carbocycles. The topological polar surface area (TPSA) is 64.3 Å². The summed E-state index contributed by atoms with van der Waals surface area (Å²) in [6, 6.07) is 7.42. The van der Waals surface area contributed by atoms with Crippen LogP contribution in [0.1, 0.15) is 27.9 Å². The van der Waals surface area contributed by atoms with Gasteiger partial charge in [-0.1, -0.05) is 23.5 Å². The number of aliphatic hydroxyl groups is 1. The lowest BCUT2D eigenvalue weighted by Crippen LogP contribution is -2.28. The number of aryl methyl sites for hydroxylation is 1. The molecule has 0 atom stereocenters. The van der Waals surface area contributed by atoms with E-state index in [-0.39, 0.29) is 12.5 Å². The van der Waals surface area contributed by atoms with Gasteiger partial charge in [-0.05, 0) is 19.1 Å². The Kier molecular flexibility index (Phi) is 5.60. The molecule has 0 saturated carbocycles. The molecular weight excluding hydrogens is 240 g/mol. The van der Waals surface area contributed by atoms with Crippen molar-refractivity contribution in [3.8, 4) is 17.9 Å². The minimum Gasteiger partial charge on any atom is -0.384 e. The fourth-order valence-corrected chi connectivity index (χ4v) is 1.60. The maximum atomic E-state index is 12.3. The summed E-state index contributed by atoms with van der Waals surface area (Å²) < 4.78 is 0. The number of hydrogen-bond acceptors (Lipinski definition) is 3. The van der Waals surface area contributed by atoms with Crippen molar-refractivity contribution in [3.05, 3.63) is 34.9 Å². The van der Waals surface area contributed by atoms with E-state index in [4.69, 9.17) is 10.4 Å². The zero-order chi connectivity index (χ0) is 14.3. The van der Waals surface area contributed by atoms with Crippen LogP contribution in [0, 0.1) is 30.1 Å². The van der Waals surface area contributed by atoms with Crippen LogP contribution < -0.4 is 0 Å². The van der Waals surface area contributed by atoms with E-state index in [0.717, 1.165) is 5.56 Å². The van der Waals surface area contributed by atoms with E-state index >= 15 is 0 Å². The zero-order valence-electron chi connectivity index (χ0n) is 11.1. The Labute approximate surface area is 113 Å². The fraction of sp³-hybridized carbons (Fsp3) is 0.333. The monoisotopic (exact) mass is 256 g/mol. The van der Waals surface area contributed by atoms with Crippen molar-refractivity contribution in [2.75, 3.05) is 20.2 Å². The van der Waals surface area contributed by atoms with Crippen LogP contribution in [0.5, 0.6) is 0 Å². The summed E-state index contributed by atoms with van der Waals surface area (Å²) in [5, 5.41) is 17.3. The van der Waals surface area contributed by atoms with E-state index in [9.17, 15) is 4.79 Å². The molecule has 19 heavy (non-hydrogen) atoms. The van der Waals surface area contributed by atoms with Gasteiger partial charge in [0.25, 0.3) is 5.91 Å². The summed E-state index contributed by atoms with van der Waals surface area (Å²) in [5.74, 6) is 5.15. The van der Waals surface area contributed by atoms with Crippen molar-refractivity contribution in [2.45, 2.75) is 13.3 Å². The Morgan fingerprint density at radius 2 is 2.21 bits per heavy atom. The highest BCUT2D eigenvalue weighted by Gasteiger charge is 2.14. The normalized spacial score (nSPS) is 9.16. The van der Waals surface area contributed by atoms with Crippen LogP contribution >= 0.6 is 0 Å². The third-order valence-corrected chi connectivity index (χ3v) is 2.61. The summed E-state index contributed by atoms with van der Waals surface area (Å²) in [5.41, 5.74) is 2.06. The molecule has 0 saturated heterocycles. The summed E-state index contributed by atoms with van der Waals surface area (Å²) in [4.78, 5) is 13.8. The number of hydrogen-bond donors (Lipinski definition) is 1. The van der Waals surface area contributed by atoms with Gasteiger partial charge in [0.05, 0.1) is 18.1 Å². The molecule has 4 heteroatoms. The molecule has 0 aliphatic heterocycles. The lowest BCUT2D eigenvalue weighted by molar-refractivity contribution is 0.0797. The smallest absolute Gasteiger partial charge is 0.254 e. The molecule has 1 rings (SSSR count). The van der Waals surface area contributed by atoms with Crippen molar-refractivity contribution in [3.63, 3.8) is 0 Å². The second-order valence-corrected chi connectivity index (χ2v) is 4.14. The van der Waals surface area contributed by atoms with Crippen LogP contribution in [0.15, 0.2) is 18.2 Å². The van der Waals surface area contributed by atoms with Crippen LogP contribution in [-0.2, 0) is 0 Å². The van der Waals surface area contributed by atoms with E-state index < -0.39 is 0 Å². The van der Waals surface area contributed by atoms with E-state index in [0.29, 0.717) is 24.1 Å². The molecule has 0 heterocycles. The highest BCUT2D eigenvalue weighted by atomic mass is 16.2. The minimum atomic E-state index is -0.244. The molecular formula is C15H16N2O2. The zero-order valence-corrected chi connectivity index (χ0v) is 11.1. The number of amides is 1. The van der Waals surface area contributed by atoms with Crippen LogP contribution in [-0.4, -0.2) is 36.1 Å². The second kappa shape index (κ2) is 7.20. The standard InChI is InChI=1S/C15H16N2O2/c1-12-6-7-13(5-3-10-18)14(11-12)15(19)17(2)9-4-8-16/h6-7,11,18H,4,9-10H2,1-2H3. The number of carbonyl (C=O) groups excluding carboxylic acids is 1. The highest BCUT2D eigenvalue weighted by molar-refractivity contribution is 5.96. The van der Waals surface area contributed by atoms with Crippen LogP contribution in [0.4, 0.5) is 0 Å². The molecule has 4 nitrogen and oxygen atoms in total. The van der Waals surface area contributed by atoms with Crippen molar-refractivity contribution in [1.29, 1.82) is 5.26 Å². The van der Waals surface area contributed by atoms with Gasteiger partial charge in [-0.2, -0.15) is 5.26 Å². The first kappa shape index (κ1) is 14.8. The molecule has 1 amide bonds. The quantitative estimate of drug-likeness (QED) is 0.830. The van der Waals surface area contributed by atoms with Gasteiger partial charge in [0.15, 0.2) is 0 Å². The Morgan fingerprint density at radius 3 is 2.84 bits per heavy atom. The SMILES string of the molecule is Cc1ccc(C#CCO)c(C(=O)N(C)CCC#N)c1. The lowest BCUT2D eigenvalue weighted by Gasteiger charge is -2.16. The highest BCUT2D eigenvalue weighted by Crippen LogP contribution is 2.13. The number of nitriles is 1. The van der Waals surface area contributed by atoms with Crippen LogP contribution in [0.2, 0.25) is 0 Å². The van der Waals surface area contributed by atoms with Crippen LogP contribution in [0.25, 0.3) is 0 Å². The van der Waals surface area contributed by atoms with Gasteiger partial charge in [0.1, 0.15) is 6.61 Å².